The number of aliphatic hydroxyl groups is 1. The third-order valence-corrected chi connectivity index (χ3v) is 3.75. The first kappa shape index (κ1) is 17.1. The zero-order valence-electron chi connectivity index (χ0n) is 12.9. The predicted octanol–water partition coefficient (Wildman–Crippen LogP) is 3.54. The van der Waals surface area contributed by atoms with Crippen molar-refractivity contribution in [1.29, 1.82) is 0 Å². The molecular weight excluding hydrogens is 302 g/mol. The molecule has 5 heteroatoms. The van der Waals surface area contributed by atoms with Crippen LogP contribution in [0.2, 0.25) is 0 Å². The first-order chi connectivity index (χ1) is 10.9. The van der Waals surface area contributed by atoms with Crippen molar-refractivity contribution in [3.63, 3.8) is 0 Å². The highest BCUT2D eigenvalue weighted by Crippen LogP contribution is 2.35. The van der Waals surface area contributed by atoms with Crippen molar-refractivity contribution in [3.8, 4) is 0 Å². The van der Waals surface area contributed by atoms with Gasteiger partial charge in [0.2, 0.25) is 0 Å². The molecule has 1 N–H and O–H groups in total. The van der Waals surface area contributed by atoms with E-state index in [1.807, 2.05) is 0 Å². The van der Waals surface area contributed by atoms with E-state index >= 15 is 0 Å². The number of carbonyl (C=O) groups excluding carboxylic acids is 1. The summed E-state index contributed by atoms with van der Waals surface area (Å²) in [6.45, 7) is 3.18. The Morgan fingerprint density at radius 1 is 1.04 bits per heavy atom. The minimum Gasteiger partial charge on any atom is -0.459 e. The number of carbonyl (C=O) groups is 1. The molecule has 2 rings (SSSR count). The number of benzene rings is 2. The second-order valence-electron chi connectivity index (χ2n) is 5.27. The van der Waals surface area contributed by atoms with Crippen LogP contribution < -0.4 is 0 Å². The maximum atomic E-state index is 13.2. The summed E-state index contributed by atoms with van der Waals surface area (Å²) >= 11 is 0. The van der Waals surface area contributed by atoms with Gasteiger partial charge in [-0.3, -0.25) is 4.79 Å². The molecule has 2 aromatic rings. The summed E-state index contributed by atoms with van der Waals surface area (Å²) < 4.78 is 31.6. The van der Waals surface area contributed by atoms with E-state index in [0.717, 1.165) is 0 Å². The van der Waals surface area contributed by atoms with Crippen molar-refractivity contribution in [1.82, 2.24) is 0 Å². The molecule has 0 heterocycles. The van der Waals surface area contributed by atoms with Crippen LogP contribution in [0.1, 0.15) is 31.4 Å². The molecule has 0 fully saturated rings. The summed E-state index contributed by atoms with van der Waals surface area (Å²) in [5, 5.41) is 11.2. The Morgan fingerprint density at radius 3 is 1.78 bits per heavy atom. The molecule has 0 aromatic heterocycles. The molecule has 1 atom stereocenters. The molecule has 0 aliphatic heterocycles. The third kappa shape index (κ3) is 3.56. The molecule has 0 bridgehead atoms. The maximum absolute atomic E-state index is 13.2. The summed E-state index contributed by atoms with van der Waals surface area (Å²) in [6.07, 6.45) is -0.779. The van der Waals surface area contributed by atoms with Crippen LogP contribution in [0.5, 0.6) is 0 Å². The van der Waals surface area contributed by atoms with Crippen molar-refractivity contribution in [2.45, 2.75) is 32.0 Å². The molecule has 0 aliphatic carbocycles. The predicted molar refractivity (Wildman–Crippen MR) is 81.6 cm³/mol. The lowest BCUT2D eigenvalue weighted by atomic mass is 9.82. The monoisotopic (exact) mass is 320 g/mol. The molecule has 0 unspecified atom stereocenters. The highest BCUT2D eigenvalue weighted by atomic mass is 19.1. The summed E-state index contributed by atoms with van der Waals surface area (Å²) in [7, 11) is 0. The lowest BCUT2D eigenvalue weighted by Gasteiger charge is -2.34. The Labute approximate surface area is 133 Å². The molecule has 3 nitrogen and oxygen atoms in total. The summed E-state index contributed by atoms with van der Waals surface area (Å²) in [5.74, 6) is -1.37. The minimum absolute atomic E-state index is 0.160. The summed E-state index contributed by atoms with van der Waals surface area (Å²) in [6, 6.07) is 10.5. The van der Waals surface area contributed by atoms with E-state index in [-0.39, 0.29) is 6.42 Å². The van der Waals surface area contributed by atoms with Gasteiger partial charge < -0.3 is 9.84 Å². The molecule has 2 aromatic carbocycles. The topological polar surface area (TPSA) is 46.5 Å². The Bertz CT molecular complexity index is 620. The highest BCUT2D eigenvalue weighted by molar-refractivity contribution is 5.69. The van der Waals surface area contributed by atoms with E-state index < -0.39 is 29.3 Å². The van der Waals surface area contributed by atoms with E-state index in [4.69, 9.17) is 4.74 Å². The normalized spacial score (nSPS) is 12.7. The number of rotatable bonds is 5. The highest BCUT2D eigenvalue weighted by Gasteiger charge is 2.40. The lowest BCUT2D eigenvalue weighted by Crippen LogP contribution is -2.41. The van der Waals surface area contributed by atoms with Crippen LogP contribution >= 0.6 is 0 Å². The molecule has 0 aliphatic rings. The summed E-state index contributed by atoms with van der Waals surface area (Å²) in [5.41, 5.74) is -1.02. The van der Waals surface area contributed by atoms with Crippen LogP contribution in [0.4, 0.5) is 8.78 Å². The molecule has 0 saturated carbocycles. The fourth-order valence-corrected chi connectivity index (χ4v) is 2.41. The third-order valence-electron chi connectivity index (χ3n) is 3.75. The SMILES string of the molecule is CCC(=O)O[C@@H](C)C(O)(c1ccc(F)cc1)c1ccc(F)cc1. The second kappa shape index (κ2) is 6.87. The van der Waals surface area contributed by atoms with Gasteiger partial charge in [0.1, 0.15) is 17.7 Å². The van der Waals surface area contributed by atoms with Crippen LogP contribution in [-0.4, -0.2) is 17.2 Å². The lowest BCUT2D eigenvalue weighted by molar-refractivity contribution is -0.159. The van der Waals surface area contributed by atoms with E-state index in [0.29, 0.717) is 11.1 Å². The van der Waals surface area contributed by atoms with Crippen molar-refractivity contribution in [2.75, 3.05) is 0 Å². The Balaban J connectivity index is 2.51. The van der Waals surface area contributed by atoms with Gasteiger partial charge >= 0.3 is 5.97 Å². The van der Waals surface area contributed by atoms with E-state index in [1.165, 1.54) is 48.5 Å². The van der Waals surface area contributed by atoms with Gasteiger partial charge in [-0.05, 0) is 42.3 Å². The van der Waals surface area contributed by atoms with Crippen LogP contribution in [-0.2, 0) is 15.1 Å². The largest absolute Gasteiger partial charge is 0.459 e. The quantitative estimate of drug-likeness (QED) is 0.857. The van der Waals surface area contributed by atoms with Gasteiger partial charge in [-0.2, -0.15) is 0 Å². The van der Waals surface area contributed by atoms with Gasteiger partial charge in [0.15, 0.2) is 5.60 Å². The Hall–Kier alpha value is -2.27. The van der Waals surface area contributed by atoms with E-state index in [2.05, 4.69) is 0 Å². The zero-order chi connectivity index (χ0) is 17.0. The van der Waals surface area contributed by atoms with Gasteiger partial charge in [-0.1, -0.05) is 31.2 Å². The number of hydrogen-bond donors (Lipinski definition) is 1. The summed E-state index contributed by atoms with van der Waals surface area (Å²) in [4.78, 5) is 11.6. The van der Waals surface area contributed by atoms with Crippen LogP contribution in [0.3, 0.4) is 0 Å². The van der Waals surface area contributed by atoms with Crippen LogP contribution in [0.25, 0.3) is 0 Å². The fourth-order valence-electron chi connectivity index (χ4n) is 2.41. The number of ether oxygens (including phenoxy) is 1. The smallest absolute Gasteiger partial charge is 0.305 e. The van der Waals surface area contributed by atoms with Crippen molar-refractivity contribution < 1.29 is 23.4 Å². The average Bonchev–Trinajstić information content (AvgIpc) is 2.55. The Kier molecular flexibility index (Phi) is 5.11. The van der Waals surface area contributed by atoms with Gasteiger partial charge in [0.05, 0.1) is 0 Å². The first-order valence-electron chi connectivity index (χ1n) is 7.31. The van der Waals surface area contributed by atoms with Gasteiger partial charge in [-0.15, -0.1) is 0 Å². The first-order valence-corrected chi connectivity index (χ1v) is 7.31. The molecular formula is C18H18F2O3. The van der Waals surface area contributed by atoms with Crippen molar-refractivity contribution >= 4 is 5.97 Å². The average molecular weight is 320 g/mol. The standard InChI is InChI=1S/C18H18F2O3/c1-3-17(21)23-12(2)18(22,13-4-8-15(19)9-5-13)14-6-10-16(20)11-7-14/h4-12,22H,3H2,1-2H3/t12-/m0/s1. The van der Waals surface area contributed by atoms with Gasteiger partial charge in [0.25, 0.3) is 0 Å². The van der Waals surface area contributed by atoms with Crippen molar-refractivity contribution in [2.24, 2.45) is 0 Å². The second-order valence-corrected chi connectivity index (χ2v) is 5.27. The van der Waals surface area contributed by atoms with Gasteiger partial charge in [-0.25, -0.2) is 8.78 Å². The number of esters is 1. The zero-order valence-corrected chi connectivity index (χ0v) is 12.9. The molecule has 0 amide bonds. The number of hydrogen-bond acceptors (Lipinski definition) is 3. The van der Waals surface area contributed by atoms with Crippen LogP contribution in [0.15, 0.2) is 48.5 Å². The van der Waals surface area contributed by atoms with Crippen molar-refractivity contribution in [3.05, 3.63) is 71.3 Å². The molecule has 0 saturated heterocycles. The molecule has 122 valence electrons. The molecule has 23 heavy (non-hydrogen) atoms. The molecule has 0 radical (unpaired) electrons. The number of halogens is 2. The molecule has 0 spiro atoms. The maximum Gasteiger partial charge on any atom is 0.305 e. The van der Waals surface area contributed by atoms with Crippen LogP contribution in [0, 0.1) is 11.6 Å². The van der Waals surface area contributed by atoms with E-state index in [9.17, 15) is 18.7 Å². The Morgan fingerprint density at radius 2 is 1.43 bits per heavy atom. The van der Waals surface area contributed by atoms with Gasteiger partial charge in [0, 0.05) is 6.42 Å². The fraction of sp³-hybridized carbons (Fsp3) is 0.278. The minimum atomic E-state index is -1.72. The van der Waals surface area contributed by atoms with E-state index in [1.54, 1.807) is 13.8 Å².